The molecule has 0 atom stereocenters. The normalized spacial score (nSPS) is 29.3. The fraction of sp³-hybridized carbons (Fsp3) is 0.333. The first-order chi connectivity index (χ1) is 6.00. The third-order valence-electron chi connectivity index (χ3n) is 1.68. The van der Waals surface area contributed by atoms with E-state index in [1.807, 2.05) is 0 Å². The second-order valence-electron chi connectivity index (χ2n) is 2.77. The van der Waals surface area contributed by atoms with Crippen LogP contribution in [0.5, 0.6) is 0 Å². The Morgan fingerprint density at radius 1 is 0.750 bits per heavy atom. The molecule has 1 aliphatic carbocycles. The molecule has 0 nitrogen and oxygen atoms in total. The summed E-state index contributed by atoms with van der Waals surface area (Å²) in [5, 5.41) is 0. The van der Waals surface area contributed by atoms with Gasteiger partial charge in [0.2, 0.25) is 0 Å². The molecule has 0 heteroatoms. The van der Waals surface area contributed by atoms with Crippen LogP contribution in [0.2, 0.25) is 0 Å². The summed E-state index contributed by atoms with van der Waals surface area (Å²) in [4.78, 5) is 0. The van der Waals surface area contributed by atoms with Gasteiger partial charge in [-0.05, 0) is 31.8 Å². The summed E-state index contributed by atoms with van der Waals surface area (Å²) in [6.45, 7) is 0. The molecule has 0 heterocycles. The van der Waals surface area contributed by atoms with Gasteiger partial charge in [0.1, 0.15) is 0 Å². The minimum atomic E-state index is 1.05. The van der Waals surface area contributed by atoms with E-state index in [0.717, 1.165) is 25.7 Å². The number of allylic oxidation sites excluding steroid dienone is 8. The Morgan fingerprint density at radius 2 is 1.50 bits per heavy atom. The zero-order valence-corrected chi connectivity index (χ0v) is 7.37. The van der Waals surface area contributed by atoms with Crippen molar-refractivity contribution in [2.45, 2.75) is 25.7 Å². The molecule has 0 aromatic heterocycles. The van der Waals surface area contributed by atoms with Crippen LogP contribution in [0.4, 0.5) is 0 Å². The van der Waals surface area contributed by atoms with E-state index >= 15 is 0 Å². The summed E-state index contributed by atoms with van der Waals surface area (Å²) in [7, 11) is 0. The molecule has 0 spiro atoms. The molecule has 0 bridgehead atoms. The lowest BCUT2D eigenvalue weighted by Crippen LogP contribution is -1.69. The van der Waals surface area contributed by atoms with Gasteiger partial charge in [0.05, 0.1) is 0 Å². The van der Waals surface area contributed by atoms with E-state index in [1.54, 1.807) is 0 Å². The maximum Gasteiger partial charge on any atom is -0.0245 e. The SMILES string of the molecule is [C]1=C/CC/C=C/C=C\C=C\CC/1. The predicted octanol–water partition coefficient (Wildman–Crippen LogP) is 3.59. The van der Waals surface area contributed by atoms with Gasteiger partial charge in [-0.1, -0.05) is 42.5 Å². The lowest BCUT2D eigenvalue weighted by molar-refractivity contribution is 0.983. The third kappa shape index (κ3) is 4.73. The fourth-order valence-corrected chi connectivity index (χ4v) is 1.03. The first-order valence-corrected chi connectivity index (χ1v) is 4.53. The molecular formula is C12H15. The van der Waals surface area contributed by atoms with Crippen molar-refractivity contribution in [3.63, 3.8) is 0 Å². The molecule has 0 aliphatic heterocycles. The van der Waals surface area contributed by atoms with Gasteiger partial charge < -0.3 is 0 Å². The predicted molar refractivity (Wildman–Crippen MR) is 53.7 cm³/mol. The van der Waals surface area contributed by atoms with Gasteiger partial charge in [0.15, 0.2) is 0 Å². The van der Waals surface area contributed by atoms with Crippen LogP contribution in [-0.4, -0.2) is 0 Å². The van der Waals surface area contributed by atoms with Crippen molar-refractivity contribution < 1.29 is 0 Å². The summed E-state index contributed by atoms with van der Waals surface area (Å²) in [5.41, 5.74) is 0. The van der Waals surface area contributed by atoms with E-state index in [2.05, 4.69) is 48.6 Å². The van der Waals surface area contributed by atoms with Crippen LogP contribution in [-0.2, 0) is 0 Å². The van der Waals surface area contributed by atoms with Crippen LogP contribution in [0.25, 0.3) is 0 Å². The quantitative estimate of drug-likeness (QED) is 0.506. The average molecular weight is 159 g/mol. The summed E-state index contributed by atoms with van der Waals surface area (Å²) in [6, 6.07) is 0. The van der Waals surface area contributed by atoms with Crippen LogP contribution in [0.15, 0.2) is 42.5 Å². The zero-order chi connectivity index (χ0) is 8.49. The summed E-state index contributed by atoms with van der Waals surface area (Å²) in [6.07, 6.45) is 22.5. The third-order valence-corrected chi connectivity index (χ3v) is 1.68. The van der Waals surface area contributed by atoms with Gasteiger partial charge in [-0.25, -0.2) is 0 Å². The largest absolute Gasteiger partial charge is 0.0842 e. The molecule has 0 saturated carbocycles. The zero-order valence-electron chi connectivity index (χ0n) is 7.37. The molecule has 0 unspecified atom stereocenters. The van der Waals surface area contributed by atoms with Gasteiger partial charge >= 0.3 is 0 Å². The van der Waals surface area contributed by atoms with Gasteiger partial charge in [-0.15, -0.1) is 0 Å². The van der Waals surface area contributed by atoms with Crippen molar-refractivity contribution in [1.29, 1.82) is 0 Å². The summed E-state index contributed by atoms with van der Waals surface area (Å²) < 4.78 is 0. The van der Waals surface area contributed by atoms with E-state index in [0.29, 0.717) is 0 Å². The molecule has 12 heavy (non-hydrogen) atoms. The molecule has 0 aromatic rings. The molecule has 1 radical (unpaired) electrons. The molecule has 0 N–H and O–H groups in total. The van der Waals surface area contributed by atoms with Crippen LogP contribution in [0.1, 0.15) is 25.7 Å². The van der Waals surface area contributed by atoms with Crippen molar-refractivity contribution in [2.75, 3.05) is 0 Å². The van der Waals surface area contributed by atoms with E-state index < -0.39 is 0 Å². The van der Waals surface area contributed by atoms with E-state index in [-0.39, 0.29) is 0 Å². The van der Waals surface area contributed by atoms with Gasteiger partial charge in [-0.2, -0.15) is 0 Å². The second kappa shape index (κ2) is 6.66. The highest BCUT2D eigenvalue weighted by Crippen LogP contribution is 1.98. The van der Waals surface area contributed by atoms with Crippen molar-refractivity contribution in [3.05, 3.63) is 48.6 Å². The van der Waals surface area contributed by atoms with Gasteiger partial charge in [0.25, 0.3) is 0 Å². The van der Waals surface area contributed by atoms with E-state index in [9.17, 15) is 0 Å². The van der Waals surface area contributed by atoms with E-state index in [1.165, 1.54) is 0 Å². The number of rotatable bonds is 0. The Labute approximate surface area is 75.0 Å². The molecule has 0 amide bonds. The van der Waals surface area contributed by atoms with Crippen molar-refractivity contribution in [2.24, 2.45) is 0 Å². The fourth-order valence-electron chi connectivity index (χ4n) is 1.03. The average Bonchev–Trinajstić information content (AvgIpc) is 2.05. The Balaban J connectivity index is 2.42. The maximum absolute atomic E-state index is 3.27. The Kier molecular flexibility index (Phi) is 5.02. The minimum absolute atomic E-state index is 1.05. The first-order valence-electron chi connectivity index (χ1n) is 4.53. The van der Waals surface area contributed by atoms with Gasteiger partial charge in [-0.3, -0.25) is 0 Å². The Morgan fingerprint density at radius 3 is 2.33 bits per heavy atom. The van der Waals surface area contributed by atoms with Crippen molar-refractivity contribution >= 4 is 0 Å². The van der Waals surface area contributed by atoms with Crippen LogP contribution >= 0.6 is 0 Å². The Hall–Kier alpha value is -1.04. The molecule has 63 valence electrons. The highest BCUT2D eigenvalue weighted by atomic mass is 13.9. The van der Waals surface area contributed by atoms with Gasteiger partial charge in [0, 0.05) is 0 Å². The minimum Gasteiger partial charge on any atom is -0.0842 e. The Bertz CT molecular complexity index is 182. The van der Waals surface area contributed by atoms with Crippen molar-refractivity contribution in [3.8, 4) is 0 Å². The second-order valence-corrected chi connectivity index (χ2v) is 2.77. The summed E-state index contributed by atoms with van der Waals surface area (Å²) in [5.74, 6) is 0. The molecular weight excluding hydrogens is 144 g/mol. The lowest BCUT2D eigenvalue weighted by Gasteiger charge is -1.88. The van der Waals surface area contributed by atoms with Crippen LogP contribution < -0.4 is 0 Å². The molecule has 1 aliphatic rings. The smallest absolute Gasteiger partial charge is 0.0245 e. The van der Waals surface area contributed by atoms with Crippen LogP contribution in [0.3, 0.4) is 0 Å². The maximum atomic E-state index is 3.27. The summed E-state index contributed by atoms with van der Waals surface area (Å²) >= 11 is 0. The first kappa shape index (κ1) is 9.05. The topological polar surface area (TPSA) is 0 Å². The molecule has 0 fully saturated rings. The van der Waals surface area contributed by atoms with Crippen molar-refractivity contribution in [1.82, 2.24) is 0 Å². The monoisotopic (exact) mass is 159 g/mol. The number of hydrogen-bond donors (Lipinski definition) is 0. The highest BCUT2D eigenvalue weighted by Gasteiger charge is 1.79. The standard InChI is InChI=1S/C12H15/c1-2-4-6-8-10-12-11-9-7-5-3-1/h1-6,11H,7-10H2/b2-1-,5-3+,6-4+,12-11?. The van der Waals surface area contributed by atoms with E-state index in [4.69, 9.17) is 0 Å². The molecule has 1 rings (SSSR count). The highest BCUT2D eigenvalue weighted by molar-refractivity contribution is 5.11. The molecule has 0 aromatic carbocycles. The molecule has 0 saturated heterocycles. The number of hydrogen-bond acceptors (Lipinski definition) is 0. The van der Waals surface area contributed by atoms with Crippen LogP contribution in [0, 0.1) is 6.08 Å². The lowest BCUT2D eigenvalue weighted by atomic mass is 10.2.